The Balaban J connectivity index is 4.18. The van der Waals surface area contributed by atoms with E-state index in [4.69, 9.17) is 10.5 Å². The fourth-order valence-corrected chi connectivity index (χ4v) is 1.52. The predicted molar refractivity (Wildman–Crippen MR) is 61.7 cm³/mol. The molecule has 0 saturated heterocycles. The van der Waals surface area contributed by atoms with Gasteiger partial charge in [0.05, 0.1) is 7.11 Å². The van der Waals surface area contributed by atoms with Crippen LogP contribution in [-0.2, 0) is 14.3 Å². The molecule has 0 fully saturated rings. The number of amides is 1. The van der Waals surface area contributed by atoms with E-state index in [0.717, 1.165) is 12.8 Å². The first-order chi connectivity index (χ1) is 7.51. The first-order valence-corrected chi connectivity index (χ1v) is 5.63. The molecule has 0 heterocycles. The van der Waals surface area contributed by atoms with Crippen LogP contribution in [0.4, 0.5) is 0 Å². The Labute approximate surface area is 96.7 Å². The van der Waals surface area contributed by atoms with Gasteiger partial charge in [0.1, 0.15) is 6.04 Å². The lowest BCUT2D eigenvalue weighted by Crippen LogP contribution is -2.44. The Hall–Kier alpha value is -1.10. The normalized spacial score (nSPS) is 14.2. The minimum Gasteiger partial charge on any atom is -0.468 e. The molecule has 94 valence electrons. The van der Waals surface area contributed by atoms with Crippen LogP contribution in [0.2, 0.25) is 0 Å². The van der Waals surface area contributed by atoms with Gasteiger partial charge in [-0.2, -0.15) is 0 Å². The summed E-state index contributed by atoms with van der Waals surface area (Å²) in [6, 6.07) is -0.460. The third kappa shape index (κ3) is 6.40. The molecule has 0 aromatic carbocycles. The van der Waals surface area contributed by atoms with E-state index < -0.39 is 0 Å². The van der Waals surface area contributed by atoms with E-state index in [1.807, 2.05) is 6.92 Å². The zero-order valence-corrected chi connectivity index (χ0v) is 10.3. The number of primary amides is 1. The Morgan fingerprint density at radius 2 is 2.06 bits per heavy atom. The van der Waals surface area contributed by atoms with E-state index in [1.54, 1.807) is 0 Å². The number of carbonyl (C=O) groups is 2. The number of unbranched alkanes of at least 4 members (excludes halogenated alkanes) is 1. The molecule has 3 N–H and O–H groups in total. The number of carbonyl (C=O) groups excluding carboxylic acids is 2. The lowest BCUT2D eigenvalue weighted by Gasteiger charge is -2.20. The maximum absolute atomic E-state index is 11.4. The van der Waals surface area contributed by atoms with Gasteiger partial charge in [0.15, 0.2) is 0 Å². The van der Waals surface area contributed by atoms with Gasteiger partial charge in [-0.25, -0.2) is 0 Å². The topological polar surface area (TPSA) is 81.4 Å². The highest BCUT2D eigenvalue weighted by Gasteiger charge is 2.20. The Morgan fingerprint density at radius 3 is 2.50 bits per heavy atom. The number of hydrogen-bond donors (Lipinski definition) is 2. The molecule has 2 unspecified atom stereocenters. The van der Waals surface area contributed by atoms with Crippen molar-refractivity contribution >= 4 is 11.9 Å². The van der Waals surface area contributed by atoms with E-state index in [1.165, 1.54) is 7.11 Å². The van der Waals surface area contributed by atoms with Gasteiger partial charge in [-0.05, 0) is 13.3 Å². The zero-order valence-electron chi connectivity index (χ0n) is 10.3. The van der Waals surface area contributed by atoms with E-state index in [0.29, 0.717) is 6.42 Å². The number of hydrogen-bond acceptors (Lipinski definition) is 4. The summed E-state index contributed by atoms with van der Waals surface area (Å²) < 4.78 is 4.70. The highest BCUT2D eigenvalue weighted by Crippen LogP contribution is 2.04. The highest BCUT2D eigenvalue weighted by atomic mass is 16.5. The molecule has 16 heavy (non-hydrogen) atoms. The predicted octanol–water partition coefficient (Wildman–Crippen LogP) is 0.572. The third-order valence-corrected chi connectivity index (χ3v) is 2.33. The summed E-state index contributed by atoms with van der Waals surface area (Å²) in [6.45, 7) is 3.88. The molecular formula is C11H22N2O3. The number of ether oxygens (including phenoxy) is 1. The second-order valence-electron chi connectivity index (χ2n) is 3.96. The summed E-state index contributed by atoms with van der Waals surface area (Å²) >= 11 is 0. The maximum atomic E-state index is 11.4. The Bertz CT molecular complexity index is 231. The standard InChI is InChI=1S/C11H22N2O3/c1-4-5-6-9(11(15)16-3)13-8(2)7-10(12)14/h8-9,13H,4-7H2,1-3H3,(H2,12,14). The summed E-state index contributed by atoms with van der Waals surface area (Å²) in [4.78, 5) is 22.1. The molecule has 0 aliphatic rings. The van der Waals surface area contributed by atoms with Crippen molar-refractivity contribution in [3.8, 4) is 0 Å². The minimum atomic E-state index is -0.376. The third-order valence-electron chi connectivity index (χ3n) is 2.33. The molecule has 0 aromatic rings. The monoisotopic (exact) mass is 230 g/mol. The molecule has 0 bridgehead atoms. The molecular weight excluding hydrogens is 208 g/mol. The average molecular weight is 230 g/mol. The molecule has 0 aliphatic carbocycles. The van der Waals surface area contributed by atoms with Crippen LogP contribution in [0.15, 0.2) is 0 Å². The Morgan fingerprint density at radius 1 is 1.44 bits per heavy atom. The van der Waals surface area contributed by atoms with Gasteiger partial charge in [0.25, 0.3) is 0 Å². The van der Waals surface area contributed by atoms with Gasteiger partial charge in [-0.3, -0.25) is 9.59 Å². The van der Waals surface area contributed by atoms with E-state index >= 15 is 0 Å². The molecule has 0 saturated carbocycles. The molecule has 1 amide bonds. The van der Waals surface area contributed by atoms with Crippen molar-refractivity contribution < 1.29 is 14.3 Å². The maximum Gasteiger partial charge on any atom is 0.322 e. The zero-order chi connectivity index (χ0) is 12.6. The molecule has 0 aromatic heterocycles. The molecule has 0 radical (unpaired) electrons. The SMILES string of the molecule is CCCCC(NC(C)CC(N)=O)C(=O)OC. The van der Waals surface area contributed by atoms with E-state index in [9.17, 15) is 9.59 Å². The smallest absolute Gasteiger partial charge is 0.322 e. The van der Waals surface area contributed by atoms with Crippen LogP contribution in [0.5, 0.6) is 0 Å². The summed E-state index contributed by atoms with van der Waals surface area (Å²) in [7, 11) is 1.36. The van der Waals surface area contributed by atoms with E-state index in [2.05, 4.69) is 12.2 Å². The highest BCUT2D eigenvalue weighted by molar-refractivity contribution is 5.76. The largest absolute Gasteiger partial charge is 0.468 e. The van der Waals surface area contributed by atoms with Crippen molar-refractivity contribution in [2.24, 2.45) is 5.73 Å². The summed E-state index contributed by atoms with van der Waals surface area (Å²) in [6.07, 6.45) is 2.89. The van der Waals surface area contributed by atoms with Crippen LogP contribution in [0.3, 0.4) is 0 Å². The quantitative estimate of drug-likeness (QED) is 0.597. The number of esters is 1. The fraction of sp³-hybridized carbons (Fsp3) is 0.818. The van der Waals surface area contributed by atoms with Gasteiger partial charge in [0.2, 0.25) is 5.91 Å². The summed E-state index contributed by atoms with van der Waals surface area (Å²) in [5.41, 5.74) is 5.08. The number of nitrogens with two attached hydrogens (primary N) is 1. The van der Waals surface area contributed by atoms with Crippen LogP contribution in [-0.4, -0.2) is 31.1 Å². The van der Waals surface area contributed by atoms with Crippen molar-refractivity contribution in [3.05, 3.63) is 0 Å². The van der Waals surface area contributed by atoms with Gasteiger partial charge in [-0.15, -0.1) is 0 Å². The van der Waals surface area contributed by atoms with Crippen LogP contribution >= 0.6 is 0 Å². The van der Waals surface area contributed by atoms with Crippen LogP contribution in [0.25, 0.3) is 0 Å². The number of rotatable bonds is 8. The lowest BCUT2D eigenvalue weighted by molar-refractivity contribution is -0.143. The van der Waals surface area contributed by atoms with Gasteiger partial charge >= 0.3 is 5.97 Å². The second kappa shape index (κ2) is 8.10. The molecule has 0 aliphatic heterocycles. The number of methoxy groups -OCH3 is 1. The van der Waals surface area contributed by atoms with Gasteiger partial charge in [0, 0.05) is 12.5 Å². The van der Waals surface area contributed by atoms with Crippen LogP contribution in [0, 0.1) is 0 Å². The van der Waals surface area contributed by atoms with Crippen LogP contribution < -0.4 is 11.1 Å². The summed E-state index contributed by atoms with van der Waals surface area (Å²) in [5.74, 6) is -0.663. The van der Waals surface area contributed by atoms with Crippen molar-refractivity contribution in [1.82, 2.24) is 5.32 Å². The van der Waals surface area contributed by atoms with Crippen molar-refractivity contribution in [2.45, 2.75) is 51.6 Å². The average Bonchev–Trinajstić information content (AvgIpc) is 2.21. The molecule has 0 rings (SSSR count). The number of nitrogens with one attached hydrogen (secondary N) is 1. The van der Waals surface area contributed by atoms with Crippen molar-refractivity contribution in [2.75, 3.05) is 7.11 Å². The van der Waals surface area contributed by atoms with E-state index in [-0.39, 0.29) is 30.4 Å². The lowest BCUT2D eigenvalue weighted by atomic mass is 10.1. The first kappa shape index (κ1) is 14.9. The summed E-state index contributed by atoms with van der Waals surface area (Å²) in [5, 5.41) is 3.06. The van der Waals surface area contributed by atoms with Crippen molar-refractivity contribution in [3.63, 3.8) is 0 Å². The minimum absolute atomic E-state index is 0.113. The molecule has 0 spiro atoms. The fourth-order valence-electron chi connectivity index (χ4n) is 1.52. The first-order valence-electron chi connectivity index (χ1n) is 5.63. The Kier molecular flexibility index (Phi) is 7.54. The van der Waals surface area contributed by atoms with Gasteiger partial charge in [-0.1, -0.05) is 19.8 Å². The van der Waals surface area contributed by atoms with Crippen LogP contribution in [0.1, 0.15) is 39.5 Å². The van der Waals surface area contributed by atoms with Gasteiger partial charge < -0.3 is 15.8 Å². The molecule has 2 atom stereocenters. The van der Waals surface area contributed by atoms with Crippen molar-refractivity contribution in [1.29, 1.82) is 0 Å². The molecule has 5 heteroatoms. The second-order valence-corrected chi connectivity index (χ2v) is 3.96. The molecule has 5 nitrogen and oxygen atoms in total.